The highest BCUT2D eigenvalue weighted by Crippen LogP contribution is 2.10. The molecule has 1 fully saturated rings. The maximum Gasteiger partial charge on any atom is 0.267 e. The molecule has 2 rings (SSSR count). The first-order chi connectivity index (χ1) is 8.99. The minimum Gasteiger partial charge on any atom is -0.374 e. The Hall–Kier alpha value is -0.470. The molecule has 5 nitrogen and oxygen atoms in total. The fourth-order valence-electron chi connectivity index (χ4n) is 2.29. The van der Waals surface area contributed by atoms with E-state index in [1.807, 2.05) is 29.5 Å². The maximum absolute atomic E-state index is 12.1. The first-order valence-corrected chi connectivity index (χ1v) is 7.64. The van der Waals surface area contributed by atoms with Crippen molar-refractivity contribution in [1.82, 2.24) is 14.5 Å². The van der Waals surface area contributed by atoms with Crippen LogP contribution in [0.5, 0.6) is 0 Å². The molecule has 2 heterocycles. The van der Waals surface area contributed by atoms with Gasteiger partial charge < -0.3 is 4.74 Å². The highest BCUT2D eigenvalue weighted by Gasteiger charge is 2.23. The molecular weight excluding hydrogens is 357 g/mol. The summed E-state index contributed by atoms with van der Waals surface area (Å²) in [6.07, 6.45) is 1.68. The first-order valence-electron chi connectivity index (χ1n) is 6.56. The van der Waals surface area contributed by atoms with Gasteiger partial charge in [-0.05, 0) is 43.4 Å². The average molecular weight is 377 g/mol. The summed E-state index contributed by atoms with van der Waals surface area (Å²) in [7, 11) is 0. The van der Waals surface area contributed by atoms with Gasteiger partial charge in [-0.1, -0.05) is 0 Å². The van der Waals surface area contributed by atoms with Crippen molar-refractivity contribution in [3.8, 4) is 0 Å². The predicted molar refractivity (Wildman–Crippen MR) is 82.4 cm³/mol. The molecule has 0 spiro atoms. The molecule has 0 saturated carbocycles. The first kappa shape index (κ1) is 14.9. The Morgan fingerprint density at radius 2 is 2.32 bits per heavy atom. The van der Waals surface area contributed by atoms with Crippen LogP contribution in [0, 0.1) is 10.5 Å². The van der Waals surface area contributed by atoms with Crippen LogP contribution in [-0.2, 0) is 11.3 Å². The van der Waals surface area contributed by atoms with Gasteiger partial charge in [0.15, 0.2) is 0 Å². The van der Waals surface area contributed by atoms with E-state index < -0.39 is 0 Å². The summed E-state index contributed by atoms with van der Waals surface area (Å²) >= 11 is 2.03. The lowest BCUT2D eigenvalue weighted by Crippen LogP contribution is -2.48. The smallest absolute Gasteiger partial charge is 0.267 e. The molecule has 1 aromatic heterocycles. The molecule has 1 unspecified atom stereocenters. The van der Waals surface area contributed by atoms with E-state index in [0.717, 1.165) is 25.5 Å². The maximum atomic E-state index is 12.1. The highest BCUT2D eigenvalue weighted by atomic mass is 127. The molecule has 0 bridgehead atoms. The molecule has 1 aliphatic heterocycles. The average Bonchev–Trinajstić information content (AvgIpc) is 2.39. The molecule has 0 aromatic carbocycles. The Balaban J connectivity index is 2.13. The normalized spacial score (nSPS) is 21.0. The van der Waals surface area contributed by atoms with Gasteiger partial charge in [0, 0.05) is 25.3 Å². The highest BCUT2D eigenvalue weighted by molar-refractivity contribution is 14.1. The molecule has 106 valence electrons. The number of aromatic nitrogens is 2. The van der Waals surface area contributed by atoms with E-state index in [4.69, 9.17) is 4.74 Å². The summed E-state index contributed by atoms with van der Waals surface area (Å²) in [5.74, 6) is 0.746. The number of hydrogen-bond acceptors (Lipinski definition) is 4. The Morgan fingerprint density at radius 1 is 1.58 bits per heavy atom. The fraction of sp³-hybridized carbons (Fsp3) is 0.692. The van der Waals surface area contributed by atoms with Crippen LogP contribution in [0.1, 0.15) is 19.7 Å². The van der Waals surface area contributed by atoms with Gasteiger partial charge in [0.2, 0.25) is 0 Å². The quantitative estimate of drug-likeness (QED) is 0.745. The van der Waals surface area contributed by atoms with Crippen molar-refractivity contribution in [3.63, 3.8) is 0 Å². The van der Waals surface area contributed by atoms with E-state index >= 15 is 0 Å². The molecular formula is C13H20IN3O2. The van der Waals surface area contributed by atoms with Crippen molar-refractivity contribution in [2.24, 2.45) is 0 Å². The number of nitrogens with zero attached hydrogens (tertiary/aromatic N) is 3. The van der Waals surface area contributed by atoms with Crippen molar-refractivity contribution in [2.75, 3.05) is 19.7 Å². The molecule has 1 saturated heterocycles. The number of rotatable bonds is 3. The Kier molecular flexibility index (Phi) is 4.97. The largest absolute Gasteiger partial charge is 0.374 e. The van der Waals surface area contributed by atoms with Gasteiger partial charge in [0.05, 0.1) is 22.8 Å². The topological polar surface area (TPSA) is 47.4 Å². The van der Waals surface area contributed by atoms with Crippen LogP contribution >= 0.6 is 22.6 Å². The zero-order valence-electron chi connectivity index (χ0n) is 11.6. The summed E-state index contributed by atoms with van der Waals surface area (Å²) in [4.78, 5) is 18.8. The van der Waals surface area contributed by atoms with Gasteiger partial charge in [-0.3, -0.25) is 14.3 Å². The lowest BCUT2D eigenvalue weighted by atomic mass is 10.2. The van der Waals surface area contributed by atoms with Gasteiger partial charge in [0.1, 0.15) is 5.82 Å². The lowest BCUT2D eigenvalue weighted by Gasteiger charge is -2.35. The monoisotopic (exact) mass is 377 g/mol. The van der Waals surface area contributed by atoms with E-state index in [9.17, 15) is 4.79 Å². The van der Waals surface area contributed by atoms with Crippen LogP contribution in [0.2, 0.25) is 0 Å². The number of aryl methyl sites for hydroxylation is 1. The minimum absolute atomic E-state index is 0.0263. The lowest BCUT2D eigenvalue weighted by molar-refractivity contribution is -0.0463. The third-order valence-corrected chi connectivity index (χ3v) is 4.23. The number of morpholine rings is 1. The summed E-state index contributed by atoms with van der Waals surface area (Å²) in [6.45, 7) is 9.38. The van der Waals surface area contributed by atoms with Crippen LogP contribution in [0.4, 0.5) is 0 Å². The number of halogens is 1. The zero-order chi connectivity index (χ0) is 14.0. The summed E-state index contributed by atoms with van der Waals surface area (Å²) in [5, 5.41) is 0. The molecule has 19 heavy (non-hydrogen) atoms. The second-order valence-electron chi connectivity index (χ2n) is 5.15. The Bertz CT molecular complexity index is 501. The molecule has 1 aliphatic rings. The van der Waals surface area contributed by atoms with Crippen molar-refractivity contribution >= 4 is 22.6 Å². The van der Waals surface area contributed by atoms with Gasteiger partial charge in [-0.15, -0.1) is 0 Å². The van der Waals surface area contributed by atoms with Crippen molar-refractivity contribution in [1.29, 1.82) is 0 Å². The number of ether oxygens (including phenoxy) is 1. The van der Waals surface area contributed by atoms with E-state index in [-0.39, 0.29) is 11.7 Å². The molecule has 0 radical (unpaired) electrons. The third kappa shape index (κ3) is 3.55. The van der Waals surface area contributed by atoms with Gasteiger partial charge in [-0.2, -0.15) is 0 Å². The minimum atomic E-state index is 0.0263. The van der Waals surface area contributed by atoms with E-state index in [1.54, 1.807) is 10.8 Å². The van der Waals surface area contributed by atoms with Gasteiger partial charge in [-0.25, -0.2) is 4.98 Å². The zero-order valence-corrected chi connectivity index (χ0v) is 13.8. The molecule has 1 aromatic rings. The van der Waals surface area contributed by atoms with E-state index in [2.05, 4.69) is 23.7 Å². The van der Waals surface area contributed by atoms with Crippen LogP contribution in [0.3, 0.4) is 0 Å². The molecule has 1 atom stereocenters. The fourth-order valence-corrected chi connectivity index (χ4v) is 2.72. The summed E-state index contributed by atoms with van der Waals surface area (Å²) in [6, 6.07) is 0.512. The SMILES string of the molecule is Cc1ncc(I)c(=O)n1CC1CN(C(C)C)CCO1. The number of hydrogen-bond donors (Lipinski definition) is 0. The Morgan fingerprint density at radius 3 is 3.00 bits per heavy atom. The van der Waals surface area contributed by atoms with E-state index in [1.165, 1.54) is 0 Å². The van der Waals surface area contributed by atoms with Crippen LogP contribution in [0.15, 0.2) is 11.0 Å². The van der Waals surface area contributed by atoms with Gasteiger partial charge >= 0.3 is 0 Å². The van der Waals surface area contributed by atoms with Gasteiger partial charge in [0.25, 0.3) is 5.56 Å². The van der Waals surface area contributed by atoms with Crippen LogP contribution in [-0.4, -0.2) is 46.3 Å². The van der Waals surface area contributed by atoms with Crippen molar-refractivity contribution in [2.45, 2.75) is 39.5 Å². The second kappa shape index (κ2) is 6.32. The molecule has 0 amide bonds. The van der Waals surface area contributed by atoms with E-state index in [0.29, 0.717) is 16.2 Å². The molecule has 0 N–H and O–H groups in total. The summed E-state index contributed by atoms with van der Waals surface area (Å²) in [5.41, 5.74) is 0.0263. The van der Waals surface area contributed by atoms with Crippen LogP contribution < -0.4 is 5.56 Å². The standard InChI is InChI=1S/C13H20IN3O2/c1-9(2)16-4-5-19-11(7-16)8-17-10(3)15-6-12(14)13(17)18/h6,9,11H,4-5,7-8H2,1-3H3. The van der Waals surface area contributed by atoms with Crippen LogP contribution in [0.25, 0.3) is 0 Å². The third-order valence-electron chi connectivity index (χ3n) is 3.49. The van der Waals surface area contributed by atoms with Crippen molar-refractivity contribution in [3.05, 3.63) is 25.9 Å². The Labute approximate surface area is 127 Å². The van der Waals surface area contributed by atoms with Crippen molar-refractivity contribution < 1.29 is 4.74 Å². The molecule has 0 aliphatic carbocycles. The second-order valence-corrected chi connectivity index (χ2v) is 6.31. The predicted octanol–water partition coefficient (Wildman–Crippen LogP) is 1.27. The molecule has 6 heteroatoms. The summed E-state index contributed by atoms with van der Waals surface area (Å²) < 4.78 is 8.15.